The molecule has 3 aromatic rings. The van der Waals surface area contributed by atoms with E-state index < -0.39 is 5.60 Å². The summed E-state index contributed by atoms with van der Waals surface area (Å²) < 4.78 is 1.80. The van der Waals surface area contributed by atoms with Gasteiger partial charge in [-0.2, -0.15) is 0 Å². The fourth-order valence-electron chi connectivity index (χ4n) is 2.48. The molecule has 0 bridgehead atoms. The van der Waals surface area contributed by atoms with Gasteiger partial charge in [0.1, 0.15) is 5.60 Å². The number of thiophene rings is 1. The Hall–Kier alpha value is -2.44. The number of carbonyl (C=O) groups is 1. The number of benzene rings is 1. The van der Waals surface area contributed by atoms with E-state index in [4.69, 9.17) is 0 Å². The van der Waals surface area contributed by atoms with Crippen molar-refractivity contribution in [2.75, 3.05) is 6.54 Å². The molecule has 0 aliphatic carbocycles. The molecule has 2 N–H and O–H groups in total. The third-order valence-corrected chi connectivity index (χ3v) is 4.95. The number of nitrogens with zero attached hydrogens (tertiary/aromatic N) is 2. The number of imidazole rings is 1. The van der Waals surface area contributed by atoms with Crippen molar-refractivity contribution >= 4 is 17.2 Å². The molecule has 0 saturated carbocycles. The fourth-order valence-corrected chi connectivity index (χ4v) is 3.27. The molecule has 1 unspecified atom stereocenters. The third-order valence-electron chi connectivity index (χ3n) is 3.82. The molecule has 2 heterocycles. The van der Waals surface area contributed by atoms with Crippen LogP contribution in [0.1, 0.15) is 27.7 Å². The van der Waals surface area contributed by atoms with Gasteiger partial charge in [-0.3, -0.25) is 4.79 Å². The maximum atomic E-state index is 12.7. The summed E-state index contributed by atoms with van der Waals surface area (Å²) in [5, 5.41) is 15.3. The first-order chi connectivity index (χ1) is 11.5. The van der Waals surface area contributed by atoms with Gasteiger partial charge in [0.15, 0.2) is 0 Å². The fraction of sp³-hybridized carbons (Fsp3) is 0.222. The minimum absolute atomic E-state index is 0.143. The van der Waals surface area contributed by atoms with Crippen LogP contribution < -0.4 is 5.32 Å². The third kappa shape index (κ3) is 3.39. The van der Waals surface area contributed by atoms with E-state index in [9.17, 15) is 9.90 Å². The Kier molecular flexibility index (Phi) is 4.51. The molecule has 6 heteroatoms. The molecule has 24 heavy (non-hydrogen) atoms. The lowest BCUT2D eigenvalue weighted by molar-refractivity contribution is 0.0556. The molecule has 1 amide bonds. The lowest BCUT2D eigenvalue weighted by Gasteiger charge is -2.22. The predicted octanol–water partition coefficient (Wildman–Crippen LogP) is 2.88. The van der Waals surface area contributed by atoms with Gasteiger partial charge < -0.3 is 15.0 Å². The van der Waals surface area contributed by atoms with Crippen LogP contribution in [0.25, 0.3) is 5.69 Å². The van der Waals surface area contributed by atoms with Crippen molar-refractivity contribution in [1.82, 2.24) is 14.9 Å². The lowest BCUT2D eigenvalue weighted by atomic mass is 10.0. The van der Waals surface area contributed by atoms with Crippen molar-refractivity contribution in [1.29, 1.82) is 0 Å². The molecule has 124 valence electrons. The molecule has 5 nitrogen and oxygen atoms in total. The van der Waals surface area contributed by atoms with E-state index in [0.29, 0.717) is 5.56 Å². The smallest absolute Gasteiger partial charge is 0.253 e. The minimum Gasteiger partial charge on any atom is -0.383 e. The quantitative estimate of drug-likeness (QED) is 0.750. The highest BCUT2D eigenvalue weighted by molar-refractivity contribution is 7.10. The Morgan fingerprint density at radius 1 is 1.42 bits per heavy atom. The Morgan fingerprint density at radius 3 is 2.92 bits per heavy atom. The van der Waals surface area contributed by atoms with Crippen molar-refractivity contribution in [3.05, 3.63) is 70.4 Å². The molecular weight excluding hydrogens is 322 g/mol. The number of carbonyl (C=O) groups excluding carboxylic acids is 1. The second-order valence-corrected chi connectivity index (χ2v) is 6.87. The maximum Gasteiger partial charge on any atom is 0.253 e. The normalized spacial score (nSPS) is 13.5. The van der Waals surface area contributed by atoms with E-state index in [0.717, 1.165) is 16.1 Å². The summed E-state index contributed by atoms with van der Waals surface area (Å²) in [4.78, 5) is 17.5. The van der Waals surface area contributed by atoms with Gasteiger partial charge in [0, 0.05) is 17.3 Å². The first-order valence-corrected chi connectivity index (χ1v) is 8.49. The van der Waals surface area contributed by atoms with Crippen LogP contribution in [0.4, 0.5) is 0 Å². The van der Waals surface area contributed by atoms with Gasteiger partial charge >= 0.3 is 0 Å². The Balaban J connectivity index is 1.82. The highest BCUT2D eigenvalue weighted by atomic mass is 32.1. The molecule has 0 aliphatic heterocycles. The second-order valence-electron chi connectivity index (χ2n) is 5.92. The van der Waals surface area contributed by atoms with E-state index in [2.05, 4.69) is 10.3 Å². The van der Waals surface area contributed by atoms with Crippen LogP contribution in [0.2, 0.25) is 0 Å². The molecule has 0 saturated heterocycles. The van der Waals surface area contributed by atoms with Gasteiger partial charge in [-0.05, 0) is 37.4 Å². The van der Waals surface area contributed by atoms with Gasteiger partial charge in [0.25, 0.3) is 5.91 Å². The van der Waals surface area contributed by atoms with Crippen LogP contribution in [0.5, 0.6) is 0 Å². The topological polar surface area (TPSA) is 67.2 Å². The number of aryl methyl sites for hydroxylation is 1. The van der Waals surface area contributed by atoms with Crippen molar-refractivity contribution in [2.45, 2.75) is 19.4 Å². The zero-order valence-electron chi connectivity index (χ0n) is 13.6. The van der Waals surface area contributed by atoms with Gasteiger partial charge in [-0.25, -0.2) is 4.98 Å². The maximum absolute atomic E-state index is 12.7. The zero-order chi connectivity index (χ0) is 17.2. The van der Waals surface area contributed by atoms with E-state index in [1.807, 2.05) is 42.6 Å². The molecule has 3 rings (SSSR count). The van der Waals surface area contributed by atoms with Crippen molar-refractivity contribution in [2.24, 2.45) is 0 Å². The standard InChI is InChI=1S/C18H19N3O2S/c1-13-5-6-15(21-8-7-19-12-21)14(10-13)17(22)20-11-18(2,23)16-4-3-9-24-16/h3-10,12,23H,11H2,1-2H3,(H,20,22). The van der Waals surface area contributed by atoms with Gasteiger partial charge in [-0.1, -0.05) is 17.7 Å². The van der Waals surface area contributed by atoms with Crippen LogP contribution in [-0.2, 0) is 5.60 Å². The number of nitrogens with one attached hydrogen (secondary N) is 1. The zero-order valence-corrected chi connectivity index (χ0v) is 14.4. The number of rotatable bonds is 5. The molecular formula is C18H19N3O2S. The summed E-state index contributed by atoms with van der Waals surface area (Å²) in [5.74, 6) is -0.223. The molecule has 0 spiro atoms. The number of hydrogen-bond donors (Lipinski definition) is 2. The highest BCUT2D eigenvalue weighted by Crippen LogP contribution is 2.24. The van der Waals surface area contributed by atoms with E-state index in [-0.39, 0.29) is 12.5 Å². The SMILES string of the molecule is Cc1ccc(-n2ccnc2)c(C(=O)NCC(C)(O)c2cccs2)c1. The predicted molar refractivity (Wildman–Crippen MR) is 94.5 cm³/mol. The highest BCUT2D eigenvalue weighted by Gasteiger charge is 2.25. The molecule has 2 aromatic heterocycles. The monoisotopic (exact) mass is 341 g/mol. The lowest BCUT2D eigenvalue weighted by Crippen LogP contribution is -2.38. The van der Waals surface area contributed by atoms with Crippen LogP contribution in [0, 0.1) is 6.92 Å². The summed E-state index contributed by atoms with van der Waals surface area (Å²) in [6.07, 6.45) is 5.12. The van der Waals surface area contributed by atoms with Crippen molar-refractivity contribution in [3.63, 3.8) is 0 Å². The Labute approximate surface area is 144 Å². The largest absolute Gasteiger partial charge is 0.383 e. The van der Waals surface area contributed by atoms with Gasteiger partial charge in [0.05, 0.1) is 24.1 Å². The Bertz CT molecular complexity index is 824. The van der Waals surface area contributed by atoms with Crippen LogP contribution >= 0.6 is 11.3 Å². The molecule has 0 radical (unpaired) electrons. The van der Waals surface area contributed by atoms with Crippen molar-refractivity contribution < 1.29 is 9.90 Å². The second kappa shape index (κ2) is 6.59. The molecule has 1 aromatic carbocycles. The number of hydrogen-bond acceptors (Lipinski definition) is 4. The van der Waals surface area contributed by atoms with Crippen LogP contribution in [0.3, 0.4) is 0 Å². The molecule has 0 fully saturated rings. The average Bonchev–Trinajstić information content (AvgIpc) is 3.25. The number of aromatic nitrogens is 2. The van der Waals surface area contributed by atoms with Crippen molar-refractivity contribution in [3.8, 4) is 5.69 Å². The van der Waals surface area contributed by atoms with E-state index in [1.165, 1.54) is 11.3 Å². The van der Waals surface area contributed by atoms with E-state index in [1.54, 1.807) is 30.2 Å². The summed E-state index contributed by atoms with van der Waals surface area (Å²) in [5.41, 5.74) is 1.21. The number of aliphatic hydroxyl groups is 1. The van der Waals surface area contributed by atoms with E-state index >= 15 is 0 Å². The van der Waals surface area contributed by atoms with Crippen LogP contribution in [-0.4, -0.2) is 27.1 Å². The molecule has 0 aliphatic rings. The summed E-state index contributed by atoms with van der Waals surface area (Å²) in [6, 6.07) is 9.43. The minimum atomic E-state index is -1.09. The molecule has 1 atom stereocenters. The first kappa shape index (κ1) is 16.4. The Morgan fingerprint density at radius 2 is 2.25 bits per heavy atom. The van der Waals surface area contributed by atoms with Gasteiger partial charge in [0.2, 0.25) is 0 Å². The first-order valence-electron chi connectivity index (χ1n) is 7.61. The summed E-state index contributed by atoms with van der Waals surface area (Å²) >= 11 is 1.47. The number of amides is 1. The van der Waals surface area contributed by atoms with Gasteiger partial charge in [-0.15, -0.1) is 11.3 Å². The summed E-state index contributed by atoms with van der Waals surface area (Å²) in [6.45, 7) is 3.78. The van der Waals surface area contributed by atoms with Crippen LogP contribution in [0.15, 0.2) is 54.4 Å². The average molecular weight is 341 g/mol. The summed E-state index contributed by atoms with van der Waals surface area (Å²) in [7, 11) is 0.